The zero-order chi connectivity index (χ0) is 15.9. The van der Waals surface area contributed by atoms with E-state index in [9.17, 15) is 4.79 Å². The second-order valence-electron chi connectivity index (χ2n) is 4.54. The van der Waals surface area contributed by atoms with Crippen LogP contribution in [0.2, 0.25) is 0 Å². The molecule has 0 fully saturated rings. The van der Waals surface area contributed by atoms with Crippen molar-refractivity contribution in [3.05, 3.63) is 29.8 Å². The molecule has 0 saturated heterocycles. The average molecular weight is 317 g/mol. The van der Waals surface area contributed by atoms with Crippen molar-refractivity contribution < 1.29 is 4.79 Å². The summed E-state index contributed by atoms with van der Waals surface area (Å²) in [5.74, 6) is -0.109. The summed E-state index contributed by atoms with van der Waals surface area (Å²) in [5, 5.41) is 13.8. The van der Waals surface area contributed by atoms with Crippen molar-refractivity contribution in [1.82, 2.24) is 4.98 Å². The summed E-state index contributed by atoms with van der Waals surface area (Å²) in [6, 6.07) is 5.61. The van der Waals surface area contributed by atoms with Gasteiger partial charge in [0, 0.05) is 31.6 Å². The number of thiazole rings is 1. The van der Waals surface area contributed by atoms with Gasteiger partial charge in [0.2, 0.25) is 11.0 Å². The van der Waals surface area contributed by atoms with Gasteiger partial charge in [0.1, 0.15) is 5.69 Å². The first-order valence-electron chi connectivity index (χ1n) is 7.12. The van der Waals surface area contributed by atoms with Gasteiger partial charge in [-0.3, -0.25) is 4.79 Å². The summed E-state index contributed by atoms with van der Waals surface area (Å²) in [6.07, 6.45) is 1.69. The number of anilines is 2. The third kappa shape index (κ3) is 3.88. The Morgan fingerprint density at radius 1 is 1.32 bits per heavy atom. The van der Waals surface area contributed by atoms with E-state index < -0.39 is 0 Å². The summed E-state index contributed by atoms with van der Waals surface area (Å²) in [4.78, 5) is 17.7. The van der Waals surface area contributed by atoms with Crippen LogP contribution in [0.4, 0.5) is 22.2 Å². The molecule has 2 aromatic rings. The van der Waals surface area contributed by atoms with Gasteiger partial charge >= 0.3 is 0 Å². The zero-order valence-electron chi connectivity index (χ0n) is 12.9. The number of nitrogens with one attached hydrogen (secondary N) is 1. The highest BCUT2D eigenvalue weighted by Gasteiger charge is 2.14. The molecule has 0 unspecified atom stereocenters. The lowest BCUT2D eigenvalue weighted by molar-refractivity contribution is -0.114. The Bertz CT molecular complexity index is 650. The minimum atomic E-state index is -0.109. The number of aromatic nitrogens is 1. The maximum Gasteiger partial charge on any atom is 0.229 e. The van der Waals surface area contributed by atoms with Gasteiger partial charge in [0.05, 0.1) is 11.4 Å². The summed E-state index contributed by atoms with van der Waals surface area (Å²) >= 11 is 1.43. The molecule has 7 heteroatoms. The molecular weight excluding hydrogens is 298 g/mol. The first kappa shape index (κ1) is 16.1. The van der Waals surface area contributed by atoms with Crippen LogP contribution < -0.4 is 10.2 Å². The number of carbonyl (C=O) groups excluding carboxylic acids is 1. The lowest BCUT2D eigenvalue weighted by Crippen LogP contribution is -2.23. The van der Waals surface area contributed by atoms with Gasteiger partial charge in [-0.1, -0.05) is 6.07 Å². The smallest absolute Gasteiger partial charge is 0.229 e. The van der Waals surface area contributed by atoms with Gasteiger partial charge in [0.15, 0.2) is 0 Å². The third-order valence-corrected chi connectivity index (χ3v) is 3.72. The predicted molar refractivity (Wildman–Crippen MR) is 90.6 cm³/mol. The summed E-state index contributed by atoms with van der Waals surface area (Å²) in [6.45, 7) is 7.25. The molecule has 2 rings (SSSR count). The average Bonchev–Trinajstić information content (AvgIpc) is 3.01. The monoisotopic (exact) mass is 317 g/mol. The van der Waals surface area contributed by atoms with Gasteiger partial charge < -0.3 is 10.2 Å². The number of hydrogen-bond acceptors (Lipinski definition) is 6. The van der Waals surface area contributed by atoms with E-state index in [1.807, 2.05) is 23.6 Å². The summed E-state index contributed by atoms with van der Waals surface area (Å²) in [7, 11) is 0. The molecule has 1 aromatic carbocycles. The van der Waals surface area contributed by atoms with E-state index in [1.165, 1.54) is 18.3 Å². The van der Waals surface area contributed by atoms with E-state index in [0.717, 1.165) is 24.5 Å². The molecule has 1 amide bonds. The van der Waals surface area contributed by atoms with Gasteiger partial charge in [-0.25, -0.2) is 4.98 Å². The highest BCUT2D eigenvalue weighted by atomic mass is 32.1. The summed E-state index contributed by atoms with van der Waals surface area (Å²) < 4.78 is 0. The van der Waals surface area contributed by atoms with Gasteiger partial charge in [-0.15, -0.1) is 21.6 Å². The molecule has 22 heavy (non-hydrogen) atoms. The lowest BCUT2D eigenvalue weighted by Gasteiger charge is -2.25. The largest absolute Gasteiger partial charge is 0.369 e. The first-order valence-corrected chi connectivity index (χ1v) is 8.00. The zero-order valence-corrected chi connectivity index (χ0v) is 13.7. The van der Waals surface area contributed by atoms with E-state index in [2.05, 4.69) is 39.3 Å². The van der Waals surface area contributed by atoms with E-state index in [-0.39, 0.29) is 5.91 Å². The second-order valence-corrected chi connectivity index (χ2v) is 5.41. The Hall–Kier alpha value is -2.28. The van der Waals surface area contributed by atoms with Crippen LogP contribution >= 0.6 is 11.3 Å². The SMILES string of the molecule is CCN(CC)c1c(N=Nc2nccs2)cccc1NC(C)=O. The summed E-state index contributed by atoms with van der Waals surface area (Å²) in [5.41, 5.74) is 2.33. The van der Waals surface area contributed by atoms with Crippen LogP contribution in [-0.4, -0.2) is 24.0 Å². The molecule has 0 spiro atoms. The fraction of sp³-hybridized carbons (Fsp3) is 0.333. The van der Waals surface area contributed by atoms with Crippen LogP contribution in [0.3, 0.4) is 0 Å². The second kappa shape index (κ2) is 7.65. The van der Waals surface area contributed by atoms with Gasteiger partial charge in [0.25, 0.3) is 0 Å². The highest BCUT2D eigenvalue weighted by Crippen LogP contribution is 2.37. The maximum absolute atomic E-state index is 11.4. The van der Waals surface area contributed by atoms with Crippen molar-refractivity contribution >= 4 is 39.4 Å². The Labute approximate surface area is 133 Å². The third-order valence-electron chi connectivity index (χ3n) is 3.07. The molecule has 0 aliphatic heterocycles. The molecule has 1 N–H and O–H groups in total. The van der Waals surface area contributed by atoms with Crippen molar-refractivity contribution in [3.63, 3.8) is 0 Å². The Balaban J connectivity index is 2.44. The molecule has 0 radical (unpaired) electrons. The fourth-order valence-corrected chi connectivity index (χ4v) is 2.59. The van der Waals surface area contributed by atoms with Gasteiger partial charge in [-0.2, -0.15) is 0 Å². The molecule has 0 saturated carbocycles. The normalized spacial score (nSPS) is 10.9. The van der Waals surface area contributed by atoms with Crippen LogP contribution in [0.5, 0.6) is 0 Å². The van der Waals surface area contributed by atoms with Crippen molar-refractivity contribution in [3.8, 4) is 0 Å². The molecule has 6 nitrogen and oxygen atoms in total. The molecular formula is C15H19N5OS. The van der Waals surface area contributed by atoms with Crippen molar-refractivity contribution in [2.24, 2.45) is 10.2 Å². The number of nitrogens with zero attached hydrogens (tertiary/aromatic N) is 4. The van der Waals surface area contributed by atoms with E-state index in [1.54, 1.807) is 6.20 Å². The number of rotatable bonds is 6. The number of amides is 1. The first-order chi connectivity index (χ1) is 10.7. The van der Waals surface area contributed by atoms with Crippen LogP contribution in [0.15, 0.2) is 40.0 Å². The molecule has 1 heterocycles. The predicted octanol–water partition coefficient (Wildman–Crippen LogP) is 4.36. The molecule has 116 valence electrons. The standard InChI is InChI=1S/C15H19N5OS/c1-4-20(5-2)14-12(17-11(3)21)7-6-8-13(14)18-19-15-16-9-10-22-15/h6-10H,4-5H2,1-3H3,(H,17,21). The van der Waals surface area contributed by atoms with Crippen LogP contribution in [-0.2, 0) is 4.79 Å². The Morgan fingerprint density at radius 3 is 2.68 bits per heavy atom. The van der Waals surface area contributed by atoms with Crippen LogP contribution in [0.1, 0.15) is 20.8 Å². The number of carbonyl (C=O) groups is 1. The number of para-hydroxylation sites is 1. The van der Waals surface area contributed by atoms with Crippen LogP contribution in [0, 0.1) is 0 Å². The topological polar surface area (TPSA) is 70.0 Å². The van der Waals surface area contributed by atoms with Crippen molar-refractivity contribution in [2.45, 2.75) is 20.8 Å². The van der Waals surface area contributed by atoms with E-state index in [4.69, 9.17) is 0 Å². The molecule has 0 bridgehead atoms. The minimum absolute atomic E-state index is 0.109. The maximum atomic E-state index is 11.4. The number of azo groups is 1. The Morgan fingerprint density at radius 2 is 2.09 bits per heavy atom. The molecule has 0 atom stereocenters. The molecule has 0 aliphatic rings. The van der Waals surface area contributed by atoms with E-state index >= 15 is 0 Å². The highest BCUT2D eigenvalue weighted by molar-refractivity contribution is 7.13. The quantitative estimate of drug-likeness (QED) is 0.805. The molecule has 1 aromatic heterocycles. The number of hydrogen-bond donors (Lipinski definition) is 1. The number of benzene rings is 1. The minimum Gasteiger partial charge on any atom is -0.369 e. The van der Waals surface area contributed by atoms with Crippen molar-refractivity contribution in [1.29, 1.82) is 0 Å². The van der Waals surface area contributed by atoms with Crippen molar-refractivity contribution in [2.75, 3.05) is 23.3 Å². The lowest BCUT2D eigenvalue weighted by atomic mass is 10.2. The molecule has 0 aliphatic carbocycles. The van der Waals surface area contributed by atoms with Gasteiger partial charge in [-0.05, 0) is 26.0 Å². The van der Waals surface area contributed by atoms with E-state index in [0.29, 0.717) is 10.8 Å². The Kier molecular flexibility index (Phi) is 5.60. The van der Waals surface area contributed by atoms with Crippen LogP contribution in [0.25, 0.3) is 0 Å². The fourth-order valence-electron chi connectivity index (χ4n) is 2.14.